The van der Waals surface area contributed by atoms with Crippen molar-refractivity contribution in [2.24, 2.45) is 0 Å². The molecule has 1 unspecified atom stereocenters. The molecular formula is C58H92O6. The van der Waals surface area contributed by atoms with Crippen LogP contribution in [0.25, 0.3) is 0 Å². The highest BCUT2D eigenvalue weighted by molar-refractivity contribution is 5.71. The van der Waals surface area contributed by atoms with E-state index in [1.54, 1.807) is 0 Å². The number of hydrogen-bond acceptors (Lipinski definition) is 6. The molecule has 0 aromatic heterocycles. The molecule has 0 saturated heterocycles. The number of carbonyl (C=O) groups excluding carboxylic acids is 3. The van der Waals surface area contributed by atoms with Crippen molar-refractivity contribution in [3.05, 3.63) is 122 Å². The van der Waals surface area contributed by atoms with Crippen molar-refractivity contribution in [3.8, 4) is 0 Å². The van der Waals surface area contributed by atoms with Crippen LogP contribution in [0, 0.1) is 0 Å². The molecule has 360 valence electrons. The van der Waals surface area contributed by atoms with Crippen molar-refractivity contribution >= 4 is 17.9 Å². The first kappa shape index (κ1) is 59.8. The van der Waals surface area contributed by atoms with Gasteiger partial charge in [-0.3, -0.25) is 14.4 Å². The van der Waals surface area contributed by atoms with E-state index >= 15 is 0 Å². The van der Waals surface area contributed by atoms with E-state index in [1.807, 2.05) is 54.7 Å². The summed E-state index contributed by atoms with van der Waals surface area (Å²) in [6.45, 7) is 6.32. The molecular weight excluding hydrogens is 793 g/mol. The standard InChI is InChI=1S/C58H92O6/c1-4-7-10-13-16-19-22-25-27-29-31-33-36-39-42-45-48-51-57(60)63-54-55(53-62-56(59)50-47-44-41-38-35-32-24-21-18-15-12-9-6-3)64-58(61)52-49-46-43-40-37-34-30-28-26-23-20-17-14-11-8-5-2/h9,12,15-16,18-19,21,24-25,27-28,30-33,35,38-39,41-42,55H,4-8,10-11,13-14,17,20,22-23,26,29,34,36-37,40,43-54H2,1-3H3/b12-9-,18-15-,19-16-,24-21-,27-25-,30-28-,33-31-,35-32-,41-38-,42-39-. The zero-order valence-electron chi connectivity index (χ0n) is 41.0. The summed E-state index contributed by atoms with van der Waals surface area (Å²) < 4.78 is 16.7. The van der Waals surface area contributed by atoms with Crippen molar-refractivity contribution in [3.63, 3.8) is 0 Å². The van der Waals surface area contributed by atoms with Crippen LogP contribution in [0.4, 0.5) is 0 Å². The van der Waals surface area contributed by atoms with Crippen molar-refractivity contribution in [2.45, 2.75) is 213 Å². The summed E-state index contributed by atoms with van der Waals surface area (Å²) in [4.78, 5) is 37.9. The summed E-state index contributed by atoms with van der Waals surface area (Å²) in [6, 6.07) is 0. The fraction of sp³-hybridized carbons (Fsp3) is 0.603. The molecule has 0 aliphatic rings. The van der Waals surface area contributed by atoms with Gasteiger partial charge in [-0.2, -0.15) is 0 Å². The lowest BCUT2D eigenvalue weighted by Crippen LogP contribution is -2.30. The Labute approximate surface area is 392 Å². The number of hydrogen-bond donors (Lipinski definition) is 0. The summed E-state index contributed by atoms with van der Waals surface area (Å²) in [7, 11) is 0. The van der Waals surface area contributed by atoms with Gasteiger partial charge in [-0.25, -0.2) is 0 Å². The molecule has 0 fully saturated rings. The Morgan fingerprint density at radius 2 is 0.688 bits per heavy atom. The molecule has 6 heteroatoms. The zero-order valence-corrected chi connectivity index (χ0v) is 41.0. The normalized spacial score (nSPS) is 13.1. The second-order valence-corrected chi connectivity index (χ2v) is 16.5. The lowest BCUT2D eigenvalue weighted by molar-refractivity contribution is -0.167. The van der Waals surface area contributed by atoms with Crippen LogP contribution in [0.3, 0.4) is 0 Å². The Bertz CT molecular complexity index is 1390. The predicted molar refractivity (Wildman–Crippen MR) is 274 cm³/mol. The molecule has 1 atom stereocenters. The van der Waals surface area contributed by atoms with Crippen molar-refractivity contribution in [2.75, 3.05) is 13.2 Å². The third kappa shape index (κ3) is 48.8. The molecule has 0 aliphatic heterocycles. The van der Waals surface area contributed by atoms with Crippen LogP contribution in [-0.2, 0) is 28.6 Å². The molecule has 0 amide bonds. The van der Waals surface area contributed by atoms with E-state index in [0.717, 1.165) is 70.6 Å². The fourth-order valence-corrected chi connectivity index (χ4v) is 6.46. The van der Waals surface area contributed by atoms with E-state index in [4.69, 9.17) is 14.2 Å². The average Bonchev–Trinajstić information content (AvgIpc) is 3.29. The van der Waals surface area contributed by atoms with Gasteiger partial charge in [0.2, 0.25) is 0 Å². The minimum Gasteiger partial charge on any atom is -0.462 e. The monoisotopic (exact) mass is 885 g/mol. The average molecular weight is 885 g/mol. The van der Waals surface area contributed by atoms with Crippen molar-refractivity contribution in [1.29, 1.82) is 0 Å². The van der Waals surface area contributed by atoms with Gasteiger partial charge in [0.25, 0.3) is 0 Å². The first-order valence-electron chi connectivity index (χ1n) is 25.6. The first-order chi connectivity index (χ1) is 31.5. The Kier molecular flexibility index (Phi) is 48.1. The van der Waals surface area contributed by atoms with Gasteiger partial charge in [-0.1, -0.05) is 213 Å². The minimum absolute atomic E-state index is 0.136. The van der Waals surface area contributed by atoms with E-state index in [1.165, 1.54) is 83.5 Å². The van der Waals surface area contributed by atoms with Crippen LogP contribution >= 0.6 is 0 Å². The van der Waals surface area contributed by atoms with E-state index in [0.29, 0.717) is 12.8 Å². The Hall–Kier alpha value is -4.19. The van der Waals surface area contributed by atoms with E-state index < -0.39 is 6.10 Å². The highest BCUT2D eigenvalue weighted by Crippen LogP contribution is 2.12. The van der Waals surface area contributed by atoms with Crippen LogP contribution in [0.1, 0.15) is 207 Å². The van der Waals surface area contributed by atoms with Crippen LogP contribution in [0.15, 0.2) is 122 Å². The molecule has 64 heavy (non-hydrogen) atoms. The maximum atomic E-state index is 12.8. The van der Waals surface area contributed by atoms with Crippen molar-refractivity contribution < 1.29 is 28.6 Å². The molecule has 0 aliphatic carbocycles. The molecule has 0 heterocycles. The van der Waals surface area contributed by atoms with Gasteiger partial charge in [-0.05, 0) is 96.3 Å². The lowest BCUT2D eigenvalue weighted by Gasteiger charge is -2.18. The molecule has 0 aromatic carbocycles. The van der Waals surface area contributed by atoms with Gasteiger partial charge in [-0.15, -0.1) is 0 Å². The van der Waals surface area contributed by atoms with Gasteiger partial charge in [0.05, 0.1) is 0 Å². The lowest BCUT2D eigenvalue weighted by atomic mass is 10.1. The third-order valence-electron chi connectivity index (χ3n) is 10.3. The Morgan fingerprint density at radius 1 is 0.344 bits per heavy atom. The summed E-state index contributed by atoms with van der Waals surface area (Å²) in [5.74, 6) is -1.08. The van der Waals surface area contributed by atoms with Crippen molar-refractivity contribution in [1.82, 2.24) is 0 Å². The van der Waals surface area contributed by atoms with Crippen LogP contribution in [0.2, 0.25) is 0 Å². The van der Waals surface area contributed by atoms with Gasteiger partial charge in [0.15, 0.2) is 6.10 Å². The number of ether oxygens (including phenoxy) is 3. The second-order valence-electron chi connectivity index (χ2n) is 16.5. The molecule has 0 saturated carbocycles. The largest absolute Gasteiger partial charge is 0.462 e. The summed E-state index contributed by atoms with van der Waals surface area (Å²) in [6.07, 6.45) is 70.5. The Balaban J connectivity index is 4.59. The third-order valence-corrected chi connectivity index (χ3v) is 10.3. The summed E-state index contributed by atoms with van der Waals surface area (Å²) in [5.41, 5.74) is 0. The molecule has 6 nitrogen and oxygen atoms in total. The van der Waals surface area contributed by atoms with Gasteiger partial charge in [0, 0.05) is 19.3 Å². The molecule has 0 radical (unpaired) electrons. The van der Waals surface area contributed by atoms with E-state index in [2.05, 4.69) is 87.6 Å². The predicted octanol–water partition coefficient (Wildman–Crippen LogP) is 16.9. The molecule has 0 spiro atoms. The van der Waals surface area contributed by atoms with Gasteiger partial charge in [0.1, 0.15) is 13.2 Å². The maximum Gasteiger partial charge on any atom is 0.306 e. The maximum absolute atomic E-state index is 12.8. The molecule has 0 rings (SSSR count). The molecule has 0 N–H and O–H groups in total. The molecule has 0 bridgehead atoms. The second kappa shape index (κ2) is 51.4. The quantitative estimate of drug-likeness (QED) is 0.0199. The van der Waals surface area contributed by atoms with Gasteiger partial charge >= 0.3 is 17.9 Å². The zero-order chi connectivity index (χ0) is 46.5. The van der Waals surface area contributed by atoms with E-state index in [9.17, 15) is 14.4 Å². The number of esters is 3. The summed E-state index contributed by atoms with van der Waals surface area (Å²) >= 11 is 0. The minimum atomic E-state index is -0.836. The first-order valence-corrected chi connectivity index (χ1v) is 25.6. The van der Waals surface area contributed by atoms with Crippen LogP contribution in [0.5, 0.6) is 0 Å². The number of rotatable bonds is 44. The number of carbonyl (C=O) groups is 3. The topological polar surface area (TPSA) is 78.9 Å². The highest BCUT2D eigenvalue weighted by Gasteiger charge is 2.19. The molecule has 0 aromatic rings. The highest BCUT2D eigenvalue weighted by atomic mass is 16.6. The fourth-order valence-electron chi connectivity index (χ4n) is 6.46. The Morgan fingerprint density at radius 3 is 1.19 bits per heavy atom. The smallest absolute Gasteiger partial charge is 0.306 e. The summed E-state index contributed by atoms with van der Waals surface area (Å²) in [5, 5.41) is 0. The SMILES string of the molecule is CC\C=C/C=C\C=C/C=C\C=C/CCCC(=O)OCC(COC(=O)CCC/C=C\C/C=C\C/C=C\C/C=C\CCCCC)OC(=O)CCCCCCC/C=C\CCCCCCCCC. The van der Waals surface area contributed by atoms with Gasteiger partial charge < -0.3 is 14.2 Å². The van der Waals surface area contributed by atoms with Crippen LogP contribution < -0.4 is 0 Å². The number of allylic oxidation sites excluding steroid dienone is 20. The van der Waals surface area contributed by atoms with Crippen LogP contribution in [-0.4, -0.2) is 37.2 Å². The van der Waals surface area contributed by atoms with E-state index in [-0.39, 0.29) is 50.4 Å². The number of unbranched alkanes of at least 4 members (excludes halogenated alkanes) is 17.